The number of sulfonamides is 1. The Morgan fingerprint density at radius 1 is 1.07 bits per heavy atom. The third-order valence-electron chi connectivity index (χ3n) is 9.02. The smallest absolute Gasteiger partial charge is 0.264 e. The van der Waals surface area contributed by atoms with Crippen molar-refractivity contribution in [3.63, 3.8) is 0 Å². The summed E-state index contributed by atoms with van der Waals surface area (Å²) in [4.78, 5) is 15.6. The Labute approximate surface area is 260 Å². The quantitative estimate of drug-likeness (QED) is 0.331. The fourth-order valence-corrected chi connectivity index (χ4v) is 7.43. The van der Waals surface area contributed by atoms with Gasteiger partial charge < -0.3 is 19.1 Å². The summed E-state index contributed by atoms with van der Waals surface area (Å²) in [5.41, 5.74) is 3.37. The molecule has 0 radical (unpaired) electrons. The summed E-state index contributed by atoms with van der Waals surface area (Å²) >= 11 is 6.33. The Kier molecular flexibility index (Phi) is 10.7. The van der Waals surface area contributed by atoms with Gasteiger partial charge in [0, 0.05) is 30.8 Å². The van der Waals surface area contributed by atoms with Crippen LogP contribution in [-0.4, -0.2) is 59.1 Å². The number of benzene rings is 2. The normalized spacial score (nSPS) is 26.9. The number of rotatable bonds is 4. The number of carbonyl (C=O) groups excluding carboxylic acids is 1. The van der Waals surface area contributed by atoms with Crippen molar-refractivity contribution >= 4 is 33.2 Å². The number of amides is 1. The Morgan fingerprint density at radius 3 is 2.72 bits per heavy atom. The number of halogens is 1. The lowest BCUT2D eigenvalue weighted by Gasteiger charge is -2.44. The van der Waals surface area contributed by atoms with Gasteiger partial charge in [-0.3, -0.25) is 4.79 Å². The topological polar surface area (TPSA) is 94.2 Å². The van der Waals surface area contributed by atoms with Gasteiger partial charge in [-0.05, 0) is 105 Å². The van der Waals surface area contributed by atoms with Crippen molar-refractivity contribution in [2.45, 2.75) is 69.8 Å². The first kappa shape index (κ1) is 31.8. The maximum absolute atomic E-state index is 13.3. The molecule has 2 aliphatic heterocycles. The van der Waals surface area contributed by atoms with Crippen LogP contribution >= 0.6 is 11.6 Å². The predicted octanol–water partition coefficient (Wildman–Crippen LogP) is 5.92. The Morgan fingerprint density at radius 2 is 1.93 bits per heavy atom. The third kappa shape index (κ3) is 7.93. The van der Waals surface area contributed by atoms with Crippen LogP contribution in [-0.2, 0) is 32.5 Å². The average Bonchev–Trinajstić information content (AvgIpc) is 2.99. The van der Waals surface area contributed by atoms with Crippen molar-refractivity contribution in [1.29, 1.82) is 0 Å². The second-order valence-corrected chi connectivity index (χ2v) is 14.4. The molecule has 1 fully saturated rings. The Bertz CT molecular complexity index is 1410. The number of allylic oxidation sites excluding steroid dienone is 1. The highest BCUT2D eigenvalue weighted by Gasteiger charge is 2.38. The highest BCUT2D eigenvalue weighted by atomic mass is 35.5. The van der Waals surface area contributed by atoms with E-state index in [0.717, 1.165) is 56.4 Å². The number of hydrogen-bond donors (Lipinski definition) is 1. The van der Waals surface area contributed by atoms with Crippen molar-refractivity contribution < 1.29 is 27.4 Å². The van der Waals surface area contributed by atoms with E-state index in [-0.39, 0.29) is 6.10 Å². The number of hydrogen-bond acceptors (Lipinski definition) is 7. The van der Waals surface area contributed by atoms with Crippen LogP contribution in [0.1, 0.15) is 66.9 Å². The van der Waals surface area contributed by atoms with Crippen LogP contribution in [0, 0.1) is 11.8 Å². The molecule has 43 heavy (non-hydrogen) atoms. The summed E-state index contributed by atoms with van der Waals surface area (Å²) in [5.74, 6) is 0.776. The molecule has 2 bridgehead atoms. The second-order valence-electron chi connectivity index (χ2n) is 11.9. The van der Waals surface area contributed by atoms with Gasteiger partial charge in [-0.1, -0.05) is 29.8 Å². The van der Waals surface area contributed by atoms with Gasteiger partial charge in [0.05, 0.1) is 30.3 Å². The van der Waals surface area contributed by atoms with Gasteiger partial charge in [0.15, 0.2) is 0 Å². The zero-order valence-electron chi connectivity index (χ0n) is 25.1. The van der Waals surface area contributed by atoms with E-state index in [4.69, 9.17) is 25.8 Å². The molecule has 1 amide bonds. The number of anilines is 1. The Hall–Kier alpha value is -2.59. The molecule has 1 unspecified atom stereocenters. The molecule has 10 heteroatoms. The molecule has 1 aliphatic carbocycles. The monoisotopic (exact) mass is 630 g/mol. The van der Waals surface area contributed by atoms with E-state index in [0.29, 0.717) is 60.8 Å². The summed E-state index contributed by atoms with van der Waals surface area (Å²) < 4.78 is 46.4. The lowest BCUT2D eigenvalue weighted by molar-refractivity contribution is -0.0308. The van der Waals surface area contributed by atoms with Crippen LogP contribution in [0.2, 0.25) is 5.02 Å². The minimum Gasteiger partial charge on any atom is -0.487 e. The van der Waals surface area contributed by atoms with Crippen LogP contribution in [0.4, 0.5) is 5.69 Å². The van der Waals surface area contributed by atoms with Crippen LogP contribution < -0.4 is 14.4 Å². The number of ether oxygens (including phenoxy) is 3. The van der Waals surface area contributed by atoms with Crippen molar-refractivity contribution in [2.75, 3.05) is 38.3 Å². The van der Waals surface area contributed by atoms with Crippen molar-refractivity contribution in [3.05, 3.63) is 70.3 Å². The lowest BCUT2D eigenvalue weighted by atomic mass is 9.70. The number of carbonyl (C=O) groups is 1. The molecule has 0 aromatic heterocycles. The number of nitrogens with zero attached hydrogens (tertiary/aromatic N) is 1. The van der Waals surface area contributed by atoms with Gasteiger partial charge in [0.25, 0.3) is 5.91 Å². The van der Waals surface area contributed by atoms with Crippen LogP contribution in [0.5, 0.6) is 5.75 Å². The first-order chi connectivity index (χ1) is 20.7. The molecule has 0 spiro atoms. The molecule has 4 atom stereocenters. The van der Waals surface area contributed by atoms with Crippen molar-refractivity contribution in [3.8, 4) is 5.75 Å². The minimum absolute atomic E-state index is 0.0707. The molecule has 1 N–H and O–H groups in total. The van der Waals surface area contributed by atoms with Crippen LogP contribution in [0.3, 0.4) is 0 Å². The highest BCUT2D eigenvalue weighted by Crippen LogP contribution is 2.42. The van der Waals surface area contributed by atoms with Crippen LogP contribution in [0.15, 0.2) is 48.6 Å². The highest BCUT2D eigenvalue weighted by molar-refractivity contribution is 7.90. The van der Waals surface area contributed by atoms with E-state index in [1.54, 1.807) is 32.2 Å². The zero-order valence-corrected chi connectivity index (χ0v) is 26.7. The molecule has 0 saturated heterocycles. The fraction of sp³-hybridized carbons (Fsp3) is 0.545. The Balaban J connectivity index is 1.51. The first-order valence-electron chi connectivity index (χ1n) is 15.4. The average molecular weight is 631 g/mol. The first-order valence-corrected chi connectivity index (χ1v) is 17.3. The van der Waals surface area contributed by atoms with E-state index in [2.05, 4.69) is 15.7 Å². The summed E-state index contributed by atoms with van der Waals surface area (Å²) in [6.45, 7) is 4.59. The van der Waals surface area contributed by atoms with Gasteiger partial charge in [-0.25, -0.2) is 13.1 Å². The van der Waals surface area contributed by atoms with Gasteiger partial charge in [-0.2, -0.15) is 0 Å². The summed E-state index contributed by atoms with van der Waals surface area (Å²) in [6, 6.07) is 11.2. The molecule has 8 nitrogen and oxygen atoms in total. The number of fused-ring (bicyclic) bond motifs is 3. The molecule has 2 aromatic carbocycles. The van der Waals surface area contributed by atoms with E-state index in [1.165, 1.54) is 5.56 Å². The van der Waals surface area contributed by atoms with E-state index >= 15 is 0 Å². The number of methoxy groups -OCH3 is 1. The molecule has 1 saturated carbocycles. The maximum Gasteiger partial charge on any atom is 0.264 e. The molecule has 234 valence electrons. The minimum atomic E-state index is -3.86. The molecule has 2 aromatic rings. The van der Waals surface area contributed by atoms with Gasteiger partial charge in [0.2, 0.25) is 10.0 Å². The summed E-state index contributed by atoms with van der Waals surface area (Å²) in [5, 5.41) is -0.0149. The predicted molar refractivity (Wildman–Crippen MR) is 169 cm³/mol. The fourth-order valence-electron chi connectivity index (χ4n) is 6.21. The van der Waals surface area contributed by atoms with Gasteiger partial charge >= 0.3 is 0 Å². The lowest BCUT2D eigenvalue weighted by Crippen LogP contribution is -2.44. The van der Waals surface area contributed by atoms with Crippen molar-refractivity contribution in [2.24, 2.45) is 11.8 Å². The SMILES string of the molecule is COCCOC1/C=C/CC[C@@H](C)S(=O)(=O)NC(=O)c2ccc3c(c2)N(CCCCc2cc(Cl)ccc2CO3)C[C@@H]2CC[C@@H]12. The van der Waals surface area contributed by atoms with E-state index in [9.17, 15) is 13.2 Å². The molecular formula is C33H43ClN2O6S. The van der Waals surface area contributed by atoms with Crippen molar-refractivity contribution in [1.82, 2.24) is 4.72 Å². The van der Waals surface area contributed by atoms with Gasteiger partial charge in [0.1, 0.15) is 12.4 Å². The molecule has 2 heterocycles. The zero-order chi connectivity index (χ0) is 30.4. The van der Waals surface area contributed by atoms with Crippen LogP contribution in [0.25, 0.3) is 0 Å². The molecule has 5 rings (SSSR count). The molecular weight excluding hydrogens is 588 g/mol. The number of nitrogens with one attached hydrogen (secondary N) is 1. The number of aryl methyl sites for hydroxylation is 1. The van der Waals surface area contributed by atoms with E-state index < -0.39 is 21.2 Å². The maximum atomic E-state index is 13.3. The third-order valence-corrected chi connectivity index (χ3v) is 11.0. The largest absolute Gasteiger partial charge is 0.487 e. The summed E-state index contributed by atoms with van der Waals surface area (Å²) in [6.07, 6.45) is 10.0. The van der Waals surface area contributed by atoms with E-state index in [1.807, 2.05) is 24.3 Å². The molecule has 3 aliphatic rings. The standard InChI is InChI=1S/C33H43ClN2O6S/c1-23-7-3-4-9-31(41-18-17-40-2)29-14-11-26(29)21-36-16-6-5-8-24-19-28(34)13-10-27(24)22-42-32-15-12-25(20-30(32)36)33(37)35-43(23,38)39/h4,9-10,12-13,15,19-20,23,26,29,31H,3,5-8,11,14,16-18,21-22H2,1-2H3,(H,35,37)/b9-4+/t23-,26+,29-,31?/m1/s1. The summed E-state index contributed by atoms with van der Waals surface area (Å²) in [7, 11) is -2.20. The second kappa shape index (κ2) is 14.5. The van der Waals surface area contributed by atoms with Gasteiger partial charge in [-0.15, -0.1) is 0 Å².